The van der Waals surface area contributed by atoms with E-state index in [9.17, 15) is 4.39 Å². The lowest BCUT2D eigenvalue weighted by Crippen LogP contribution is -2.22. The average Bonchev–Trinajstić information content (AvgIpc) is 2.41. The van der Waals surface area contributed by atoms with Crippen molar-refractivity contribution in [1.29, 1.82) is 0 Å². The highest BCUT2D eigenvalue weighted by Crippen LogP contribution is 2.23. The first-order valence-corrected chi connectivity index (χ1v) is 7.35. The van der Waals surface area contributed by atoms with Gasteiger partial charge in [0.05, 0.1) is 0 Å². The van der Waals surface area contributed by atoms with E-state index in [1.807, 2.05) is 26.1 Å². The van der Waals surface area contributed by atoms with Gasteiger partial charge in [-0.1, -0.05) is 30.3 Å². The normalized spacial score (nSPS) is 12.7. The predicted molar refractivity (Wildman–Crippen MR) is 85.4 cm³/mol. The molecule has 0 aliphatic heterocycles. The Labute approximate surface area is 127 Å². The third kappa shape index (κ3) is 3.76. The van der Waals surface area contributed by atoms with Crippen molar-refractivity contribution in [2.45, 2.75) is 19.5 Å². The summed E-state index contributed by atoms with van der Waals surface area (Å²) in [6.07, 6.45) is 0. The molecule has 0 spiro atoms. The van der Waals surface area contributed by atoms with Crippen LogP contribution < -0.4 is 0 Å². The van der Waals surface area contributed by atoms with Crippen molar-refractivity contribution in [3.8, 4) is 0 Å². The summed E-state index contributed by atoms with van der Waals surface area (Å²) in [7, 11) is 2.02. The summed E-state index contributed by atoms with van der Waals surface area (Å²) in [5.74, 6) is -0.135. The van der Waals surface area contributed by atoms with Gasteiger partial charge < -0.3 is 0 Å². The second-order valence-electron chi connectivity index (χ2n) is 4.74. The first-order chi connectivity index (χ1) is 9.08. The van der Waals surface area contributed by atoms with Crippen LogP contribution in [0.1, 0.15) is 24.1 Å². The van der Waals surface area contributed by atoms with Crippen LogP contribution in [0.4, 0.5) is 4.39 Å². The zero-order valence-electron chi connectivity index (χ0n) is 11.1. The van der Waals surface area contributed by atoms with E-state index in [2.05, 4.69) is 51.8 Å². The van der Waals surface area contributed by atoms with E-state index in [4.69, 9.17) is 0 Å². The molecule has 19 heavy (non-hydrogen) atoms. The van der Waals surface area contributed by atoms with E-state index in [-0.39, 0.29) is 11.9 Å². The van der Waals surface area contributed by atoms with Crippen LogP contribution in [-0.2, 0) is 6.54 Å². The molecular formula is C16H17FIN. The fraction of sp³-hybridized carbons (Fsp3) is 0.250. The highest BCUT2D eigenvalue weighted by atomic mass is 127. The third-order valence-corrected chi connectivity index (χ3v) is 4.08. The molecule has 0 aliphatic rings. The zero-order chi connectivity index (χ0) is 13.8. The smallest absolute Gasteiger partial charge is 0.127 e. The maximum absolute atomic E-state index is 13.8. The number of halogens is 2. The molecule has 0 radical (unpaired) electrons. The number of nitrogens with zero attached hydrogens (tertiary/aromatic N) is 1. The molecule has 1 unspecified atom stereocenters. The van der Waals surface area contributed by atoms with E-state index < -0.39 is 0 Å². The third-order valence-electron chi connectivity index (χ3n) is 3.36. The fourth-order valence-corrected chi connectivity index (χ4v) is 2.43. The SMILES string of the molecule is CC(c1ccccc1F)N(C)Cc1ccc(I)cc1. The molecule has 2 rings (SSSR count). The number of rotatable bonds is 4. The second-order valence-corrected chi connectivity index (χ2v) is 5.98. The van der Waals surface area contributed by atoms with E-state index in [0.717, 1.165) is 12.1 Å². The van der Waals surface area contributed by atoms with Gasteiger partial charge in [-0.05, 0) is 60.3 Å². The van der Waals surface area contributed by atoms with Gasteiger partial charge >= 0.3 is 0 Å². The van der Waals surface area contributed by atoms with Crippen molar-refractivity contribution in [3.63, 3.8) is 0 Å². The molecule has 0 saturated carbocycles. The fourth-order valence-electron chi connectivity index (χ4n) is 2.07. The summed E-state index contributed by atoms with van der Waals surface area (Å²) in [5.41, 5.74) is 1.99. The molecule has 3 heteroatoms. The summed E-state index contributed by atoms with van der Waals surface area (Å²) >= 11 is 2.29. The van der Waals surface area contributed by atoms with Crippen molar-refractivity contribution in [3.05, 3.63) is 69.0 Å². The molecule has 1 atom stereocenters. The highest BCUT2D eigenvalue weighted by molar-refractivity contribution is 14.1. The summed E-state index contributed by atoms with van der Waals surface area (Å²) in [5, 5.41) is 0. The van der Waals surface area contributed by atoms with Gasteiger partial charge in [0.1, 0.15) is 5.82 Å². The largest absolute Gasteiger partial charge is 0.295 e. The molecule has 2 aromatic rings. The maximum Gasteiger partial charge on any atom is 0.127 e. The maximum atomic E-state index is 13.8. The van der Waals surface area contributed by atoms with Crippen molar-refractivity contribution in [1.82, 2.24) is 4.90 Å². The molecule has 0 N–H and O–H groups in total. The number of benzene rings is 2. The Bertz CT molecular complexity index is 539. The molecular weight excluding hydrogens is 352 g/mol. The Hall–Kier alpha value is -0.940. The molecule has 100 valence electrons. The van der Waals surface area contributed by atoms with Crippen molar-refractivity contribution < 1.29 is 4.39 Å². The molecule has 1 nitrogen and oxygen atoms in total. The van der Waals surface area contributed by atoms with Gasteiger partial charge in [0, 0.05) is 21.7 Å². The van der Waals surface area contributed by atoms with Gasteiger partial charge in [0.2, 0.25) is 0 Å². The van der Waals surface area contributed by atoms with E-state index in [0.29, 0.717) is 0 Å². The van der Waals surface area contributed by atoms with Crippen LogP contribution >= 0.6 is 22.6 Å². The molecule has 0 bridgehead atoms. The van der Waals surface area contributed by atoms with Crippen LogP contribution in [0.5, 0.6) is 0 Å². The number of hydrogen-bond donors (Lipinski definition) is 0. The summed E-state index contributed by atoms with van der Waals surface area (Å²) in [6.45, 7) is 2.84. The van der Waals surface area contributed by atoms with Crippen LogP contribution in [0.2, 0.25) is 0 Å². The van der Waals surface area contributed by atoms with Gasteiger partial charge in [-0.2, -0.15) is 0 Å². The molecule has 2 aromatic carbocycles. The second kappa shape index (κ2) is 6.48. The van der Waals surface area contributed by atoms with E-state index >= 15 is 0 Å². The Morgan fingerprint density at radius 3 is 2.37 bits per heavy atom. The monoisotopic (exact) mass is 369 g/mol. The van der Waals surface area contributed by atoms with Crippen molar-refractivity contribution >= 4 is 22.6 Å². The number of hydrogen-bond acceptors (Lipinski definition) is 1. The minimum absolute atomic E-state index is 0.0560. The minimum Gasteiger partial charge on any atom is -0.295 e. The lowest BCUT2D eigenvalue weighted by atomic mass is 10.1. The first kappa shape index (κ1) is 14.5. The van der Waals surface area contributed by atoms with Crippen molar-refractivity contribution in [2.75, 3.05) is 7.05 Å². The quantitative estimate of drug-likeness (QED) is 0.711. The van der Waals surface area contributed by atoms with Crippen LogP contribution in [0, 0.1) is 9.39 Å². The van der Waals surface area contributed by atoms with Crippen LogP contribution in [-0.4, -0.2) is 11.9 Å². The molecule has 0 fully saturated rings. The Balaban J connectivity index is 2.09. The Kier molecular flexibility index (Phi) is 4.93. The van der Waals surface area contributed by atoms with Gasteiger partial charge in [-0.25, -0.2) is 4.39 Å². The molecule has 0 saturated heterocycles. The summed E-state index contributed by atoms with van der Waals surface area (Å²) in [4.78, 5) is 2.15. The topological polar surface area (TPSA) is 3.24 Å². The van der Waals surface area contributed by atoms with E-state index in [1.54, 1.807) is 6.07 Å². The van der Waals surface area contributed by atoms with Gasteiger partial charge in [0.15, 0.2) is 0 Å². The van der Waals surface area contributed by atoms with Crippen LogP contribution in [0.25, 0.3) is 0 Å². The van der Waals surface area contributed by atoms with Gasteiger partial charge in [0.25, 0.3) is 0 Å². The predicted octanol–water partition coefficient (Wildman–Crippen LogP) is 4.62. The Morgan fingerprint density at radius 1 is 1.11 bits per heavy atom. The molecule has 0 aromatic heterocycles. The van der Waals surface area contributed by atoms with Crippen LogP contribution in [0.15, 0.2) is 48.5 Å². The molecule has 0 aliphatic carbocycles. The van der Waals surface area contributed by atoms with Gasteiger partial charge in [-0.15, -0.1) is 0 Å². The Morgan fingerprint density at radius 2 is 1.74 bits per heavy atom. The lowest BCUT2D eigenvalue weighted by Gasteiger charge is -2.25. The van der Waals surface area contributed by atoms with E-state index in [1.165, 1.54) is 15.2 Å². The lowest BCUT2D eigenvalue weighted by molar-refractivity contribution is 0.248. The standard InChI is InChI=1S/C16H17FIN/c1-12(15-5-3-4-6-16(15)17)19(2)11-13-7-9-14(18)10-8-13/h3-10,12H,11H2,1-2H3. The van der Waals surface area contributed by atoms with Crippen LogP contribution in [0.3, 0.4) is 0 Å². The first-order valence-electron chi connectivity index (χ1n) is 6.27. The van der Waals surface area contributed by atoms with Crippen molar-refractivity contribution in [2.24, 2.45) is 0 Å². The highest BCUT2D eigenvalue weighted by Gasteiger charge is 2.15. The zero-order valence-corrected chi connectivity index (χ0v) is 13.3. The summed E-state index contributed by atoms with van der Waals surface area (Å²) in [6, 6.07) is 15.5. The average molecular weight is 369 g/mol. The summed E-state index contributed by atoms with van der Waals surface area (Å²) < 4.78 is 15.0. The molecule has 0 heterocycles. The minimum atomic E-state index is -0.135. The molecule has 0 amide bonds. The van der Waals surface area contributed by atoms with Gasteiger partial charge in [-0.3, -0.25) is 4.90 Å².